The first-order valence-corrected chi connectivity index (χ1v) is 9.39. The summed E-state index contributed by atoms with van der Waals surface area (Å²) in [6.07, 6.45) is 0. The molecule has 0 aliphatic carbocycles. The highest BCUT2D eigenvalue weighted by Gasteiger charge is 2.13. The summed E-state index contributed by atoms with van der Waals surface area (Å²) < 4.78 is 4.31. The van der Waals surface area contributed by atoms with Gasteiger partial charge in [-0.3, -0.25) is 4.79 Å². The molecule has 4 aromatic rings. The Balaban J connectivity index is 1.99. The van der Waals surface area contributed by atoms with Crippen molar-refractivity contribution < 1.29 is 4.79 Å². The quantitative estimate of drug-likeness (QED) is 0.378. The number of nitrogens with one attached hydrogen (secondary N) is 1. The number of hydrogen-bond donors (Lipinski definition) is 1. The Morgan fingerprint density at radius 2 is 1.36 bits per heavy atom. The summed E-state index contributed by atoms with van der Waals surface area (Å²) in [6, 6.07) is 20.5. The van der Waals surface area contributed by atoms with Gasteiger partial charge in [0.25, 0.3) is 0 Å². The molecule has 3 aromatic carbocycles. The first-order chi connectivity index (χ1) is 12.0. The van der Waals surface area contributed by atoms with Gasteiger partial charge in [-0.2, -0.15) is 0 Å². The van der Waals surface area contributed by atoms with Crippen LogP contribution in [0.25, 0.3) is 27.5 Å². The van der Waals surface area contributed by atoms with Crippen molar-refractivity contribution in [1.29, 1.82) is 0 Å². The predicted octanol–water partition coefficient (Wildman–Crippen LogP) is 6.27. The maximum atomic E-state index is 11.2. The van der Waals surface area contributed by atoms with Gasteiger partial charge >= 0.3 is 0 Å². The van der Waals surface area contributed by atoms with E-state index in [2.05, 4.69) is 78.1 Å². The molecule has 0 bridgehead atoms. The lowest BCUT2D eigenvalue weighted by Gasteiger charge is -2.09. The minimum Gasteiger partial charge on any atom is -0.326 e. The third kappa shape index (κ3) is 2.98. The standard InChI is InChI=1S/C20H14Br2N2O/c1-12(25)23-15-4-6-16(7-5-15)24-19-10-13(21)2-8-17(19)18-9-3-14(22)11-20(18)24/h2-11H,1H3,(H,23,25). The van der Waals surface area contributed by atoms with E-state index >= 15 is 0 Å². The van der Waals surface area contributed by atoms with Gasteiger partial charge < -0.3 is 9.88 Å². The lowest BCUT2D eigenvalue weighted by molar-refractivity contribution is -0.114. The molecule has 1 N–H and O–H groups in total. The van der Waals surface area contributed by atoms with Crippen LogP contribution in [0.4, 0.5) is 5.69 Å². The van der Waals surface area contributed by atoms with Crippen LogP contribution in [0.1, 0.15) is 6.92 Å². The largest absolute Gasteiger partial charge is 0.326 e. The Labute approximate surface area is 161 Å². The summed E-state index contributed by atoms with van der Waals surface area (Å²) in [5.74, 6) is -0.0718. The maximum Gasteiger partial charge on any atom is 0.221 e. The number of amides is 1. The minimum absolute atomic E-state index is 0.0718. The van der Waals surface area contributed by atoms with Gasteiger partial charge in [-0.25, -0.2) is 0 Å². The van der Waals surface area contributed by atoms with Crippen LogP contribution in [-0.4, -0.2) is 10.5 Å². The number of carbonyl (C=O) groups is 1. The molecule has 25 heavy (non-hydrogen) atoms. The van der Waals surface area contributed by atoms with E-state index in [1.807, 2.05) is 24.3 Å². The van der Waals surface area contributed by atoms with Crippen molar-refractivity contribution in [3.63, 3.8) is 0 Å². The van der Waals surface area contributed by atoms with Crippen molar-refractivity contribution in [3.8, 4) is 5.69 Å². The second-order valence-electron chi connectivity index (χ2n) is 5.89. The molecule has 0 spiro atoms. The molecule has 1 heterocycles. The molecule has 0 saturated carbocycles. The molecule has 5 heteroatoms. The lowest BCUT2D eigenvalue weighted by Crippen LogP contribution is -2.05. The topological polar surface area (TPSA) is 34.0 Å². The number of aromatic nitrogens is 1. The van der Waals surface area contributed by atoms with Gasteiger partial charge in [0.05, 0.1) is 11.0 Å². The van der Waals surface area contributed by atoms with Crippen molar-refractivity contribution in [2.45, 2.75) is 6.92 Å². The molecule has 124 valence electrons. The summed E-state index contributed by atoms with van der Waals surface area (Å²) in [5.41, 5.74) is 4.11. The van der Waals surface area contributed by atoms with Crippen molar-refractivity contribution in [3.05, 3.63) is 69.6 Å². The molecule has 0 aliphatic rings. The van der Waals surface area contributed by atoms with Crippen LogP contribution in [0.2, 0.25) is 0 Å². The average Bonchev–Trinajstić information content (AvgIpc) is 2.87. The van der Waals surface area contributed by atoms with Gasteiger partial charge in [-0.1, -0.05) is 44.0 Å². The zero-order valence-electron chi connectivity index (χ0n) is 13.4. The number of anilines is 1. The zero-order valence-corrected chi connectivity index (χ0v) is 16.6. The number of hydrogen-bond acceptors (Lipinski definition) is 1. The Morgan fingerprint density at radius 1 is 0.840 bits per heavy atom. The summed E-state index contributed by atoms with van der Waals surface area (Å²) in [6.45, 7) is 1.51. The molecule has 4 rings (SSSR count). The van der Waals surface area contributed by atoms with E-state index in [9.17, 15) is 4.79 Å². The van der Waals surface area contributed by atoms with Gasteiger partial charge in [-0.15, -0.1) is 0 Å². The molecule has 1 amide bonds. The number of halogens is 2. The number of benzene rings is 3. The first kappa shape index (κ1) is 16.4. The molecule has 0 saturated heterocycles. The van der Waals surface area contributed by atoms with Crippen LogP contribution in [0.5, 0.6) is 0 Å². The normalized spacial score (nSPS) is 11.2. The van der Waals surface area contributed by atoms with Crippen LogP contribution < -0.4 is 5.32 Å². The van der Waals surface area contributed by atoms with Gasteiger partial charge in [-0.05, 0) is 48.5 Å². The molecular weight excluding hydrogens is 444 g/mol. The van der Waals surface area contributed by atoms with Crippen molar-refractivity contribution in [1.82, 2.24) is 4.57 Å². The van der Waals surface area contributed by atoms with E-state index in [0.717, 1.165) is 31.4 Å². The molecule has 3 nitrogen and oxygen atoms in total. The summed E-state index contributed by atoms with van der Waals surface area (Å²) in [7, 11) is 0. The van der Waals surface area contributed by atoms with Crippen molar-refractivity contribution in [2.24, 2.45) is 0 Å². The first-order valence-electron chi connectivity index (χ1n) is 7.80. The zero-order chi connectivity index (χ0) is 17.6. The van der Waals surface area contributed by atoms with Gasteiger partial charge in [0.15, 0.2) is 0 Å². The number of nitrogens with zero attached hydrogens (tertiary/aromatic N) is 1. The highest BCUT2D eigenvalue weighted by molar-refractivity contribution is 9.10. The maximum absolute atomic E-state index is 11.2. The van der Waals surface area contributed by atoms with Crippen LogP contribution in [0, 0.1) is 0 Å². The van der Waals surface area contributed by atoms with Gasteiger partial charge in [0, 0.05) is 38.0 Å². The Bertz CT molecular complexity index is 1050. The fraction of sp³-hybridized carbons (Fsp3) is 0.0500. The lowest BCUT2D eigenvalue weighted by atomic mass is 10.2. The molecule has 0 radical (unpaired) electrons. The molecular formula is C20H14Br2N2O. The molecule has 0 aliphatic heterocycles. The fourth-order valence-electron chi connectivity index (χ4n) is 3.14. The van der Waals surface area contributed by atoms with Crippen LogP contribution >= 0.6 is 31.9 Å². The van der Waals surface area contributed by atoms with Crippen LogP contribution in [-0.2, 0) is 4.79 Å². The van der Waals surface area contributed by atoms with Gasteiger partial charge in [0.1, 0.15) is 0 Å². The highest BCUT2D eigenvalue weighted by Crippen LogP contribution is 2.35. The smallest absolute Gasteiger partial charge is 0.221 e. The average molecular weight is 458 g/mol. The van der Waals surface area contributed by atoms with E-state index in [1.54, 1.807) is 0 Å². The summed E-state index contributed by atoms with van der Waals surface area (Å²) in [4.78, 5) is 11.2. The highest BCUT2D eigenvalue weighted by atomic mass is 79.9. The summed E-state index contributed by atoms with van der Waals surface area (Å²) in [5, 5.41) is 5.22. The van der Waals surface area contributed by atoms with E-state index < -0.39 is 0 Å². The molecule has 0 unspecified atom stereocenters. The van der Waals surface area contributed by atoms with E-state index in [1.165, 1.54) is 17.7 Å². The Morgan fingerprint density at radius 3 is 1.84 bits per heavy atom. The summed E-state index contributed by atoms with van der Waals surface area (Å²) >= 11 is 7.16. The van der Waals surface area contributed by atoms with Crippen molar-refractivity contribution in [2.75, 3.05) is 5.32 Å². The van der Waals surface area contributed by atoms with Crippen molar-refractivity contribution >= 4 is 65.3 Å². The van der Waals surface area contributed by atoms with Crippen LogP contribution in [0.15, 0.2) is 69.6 Å². The molecule has 1 aromatic heterocycles. The minimum atomic E-state index is -0.0718. The van der Waals surface area contributed by atoms with Gasteiger partial charge in [0.2, 0.25) is 5.91 Å². The second-order valence-corrected chi connectivity index (χ2v) is 7.72. The Kier molecular flexibility index (Phi) is 4.13. The molecule has 0 atom stereocenters. The predicted molar refractivity (Wildman–Crippen MR) is 110 cm³/mol. The fourth-order valence-corrected chi connectivity index (χ4v) is 3.84. The number of fused-ring (bicyclic) bond motifs is 3. The second kappa shape index (κ2) is 6.32. The Hall–Kier alpha value is -2.11. The third-order valence-corrected chi connectivity index (χ3v) is 5.12. The monoisotopic (exact) mass is 456 g/mol. The number of carbonyl (C=O) groups excluding carboxylic acids is 1. The number of rotatable bonds is 2. The van der Waals surface area contributed by atoms with Crippen LogP contribution in [0.3, 0.4) is 0 Å². The van der Waals surface area contributed by atoms with E-state index in [4.69, 9.17) is 0 Å². The SMILES string of the molecule is CC(=O)Nc1ccc(-n2c3cc(Br)ccc3c3ccc(Br)cc32)cc1. The van der Waals surface area contributed by atoms with E-state index in [-0.39, 0.29) is 5.91 Å². The third-order valence-electron chi connectivity index (χ3n) is 4.14. The molecule has 0 fully saturated rings. The van der Waals surface area contributed by atoms with E-state index in [0.29, 0.717) is 0 Å².